The molecule has 3 rings (SSSR count). The summed E-state index contributed by atoms with van der Waals surface area (Å²) in [6.07, 6.45) is 0.632. The molecule has 1 aromatic carbocycles. The highest BCUT2D eigenvalue weighted by molar-refractivity contribution is 5.79. The molecule has 1 aromatic heterocycles. The minimum Gasteiger partial charge on any atom is -0.399 e. The number of hydrogen-bond acceptors (Lipinski definition) is 4. The van der Waals surface area contributed by atoms with Gasteiger partial charge in [-0.05, 0) is 51.1 Å². The highest BCUT2D eigenvalue weighted by atomic mass is 16.3. The van der Waals surface area contributed by atoms with E-state index in [1.54, 1.807) is 6.92 Å². The van der Waals surface area contributed by atoms with Crippen LogP contribution in [-0.2, 0) is 6.54 Å². The van der Waals surface area contributed by atoms with Crippen molar-refractivity contribution in [1.29, 1.82) is 0 Å². The Morgan fingerprint density at radius 2 is 2.30 bits per heavy atom. The molecule has 0 radical (unpaired) electrons. The molecule has 20 heavy (non-hydrogen) atoms. The lowest BCUT2D eigenvalue weighted by Gasteiger charge is -2.15. The van der Waals surface area contributed by atoms with Crippen LogP contribution in [0.3, 0.4) is 0 Å². The minimum atomic E-state index is -0.567. The standard InChI is InChI=1S/C15H22N4O/c1-10(20)15-17-13-7-12(16)3-4-14(13)19(15)9-11-5-6-18(2)8-11/h3-4,7,10-11,20H,5-6,8-9,16H2,1-2H3. The van der Waals surface area contributed by atoms with Crippen molar-refractivity contribution in [3.05, 3.63) is 24.0 Å². The molecule has 2 heterocycles. The summed E-state index contributed by atoms with van der Waals surface area (Å²) in [5, 5.41) is 9.98. The molecule has 108 valence electrons. The van der Waals surface area contributed by atoms with Crippen molar-refractivity contribution in [2.45, 2.75) is 26.0 Å². The number of aliphatic hydroxyl groups is 1. The lowest BCUT2D eigenvalue weighted by atomic mass is 10.1. The van der Waals surface area contributed by atoms with Gasteiger partial charge >= 0.3 is 0 Å². The minimum absolute atomic E-state index is 0.567. The number of hydrogen-bond donors (Lipinski definition) is 2. The van der Waals surface area contributed by atoms with Crippen molar-refractivity contribution in [1.82, 2.24) is 14.5 Å². The SMILES string of the molecule is CC(O)c1nc2cc(N)ccc2n1CC1CCN(C)C1. The molecule has 5 heteroatoms. The Hall–Kier alpha value is -1.59. The van der Waals surface area contributed by atoms with Crippen LogP contribution >= 0.6 is 0 Å². The number of fused-ring (bicyclic) bond motifs is 1. The normalized spacial score (nSPS) is 21.6. The molecule has 0 aliphatic carbocycles. The van der Waals surface area contributed by atoms with Crippen LogP contribution in [0.2, 0.25) is 0 Å². The van der Waals surface area contributed by atoms with Crippen LogP contribution in [0.1, 0.15) is 25.3 Å². The van der Waals surface area contributed by atoms with Gasteiger partial charge in [-0.25, -0.2) is 4.98 Å². The summed E-state index contributed by atoms with van der Waals surface area (Å²) in [5.74, 6) is 1.35. The van der Waals surface area contributed by atoms with Gasteiger partial charge < -0.3 is 20.3 Å². The maximum Gasteiger partial charge on any atom is 0.138 e. The maximum atomic E-state index is 9.98. The molecule has 2 unspecified atom stereocenters. The predicted octanol–water partition coefficient (Wildman–Crippen LogP) is 1.62. The number of benzene rings is 1. The van der Waals surface area contributed by atoms with Crippen LogP contribution in [0.5, 0.6) is 0 Å². The van der Waals surface area contributed by atoms with Gasteiger partial charge in [-0.3, -0.25) is 0 Å². The number of nitrogens with two attached hydrogens (primary N) is 1. The number of rotatable bonds is 3. The third-order valence-corrected chi connectivity index (χ3v) is 4.11. The summed E-state index contributed by atoms with van der Waals surface area (Å²) >= 11 is 0. The Bertz CT molecular complexity index is 620. The first kappa shape index (κ1) is 13.4. The molecular formula is C15H22N4O. The quantitative estimate of drug-likeness (QED) is 0.835. The fraction of sp³-hybridized carbons (Fsp3) is 0.533. The average Bonchev–Trinajstić information content (AvgIpc) is 2.94. The van der Waals surface area contributed by atoms with Gasteiger partial charge in [0.15, 0.2) is 0 Å². The van der Waals surface area contributed by atoms with Gasteiger partial charge in [0, 0.05) is 18.8 Å². The first-order valence-electron chi connectivity index (χ1n) is 7.17. The van der Waals surface area contributed by atoms with E-state index < -0.39 is 6.10 Å². The van der Waals surface area contributed by atoms with Crippen molar-refractivity contribution in [3.63, 3.8) is 0 Å². The van der Waals surface area contributed by atoms with Crippen molar-refractivity contribution in [2.24, 2.45) is 5.92 Å². The molecule has 1 aliphatic heterocycles. The highest BCUT2D eigenvalue weighted by Crippen LogP contribution is 2.26. The third kappa shape index (κ3) is 2.39. The second-order valence-electron chi connectivity index (χ2n) is 5.92. The number of imidazole rings is 1. The Morgan fingerprint density at radius 3 is 2.95 bits per heavy atom. The van der Waals surface area contributed by atoms with Crippen molar-refractivity contribution >= 4 is 16.7 Å². The number of aliphatic hydroxyl groups excluding tert-OH is 1. The van der Waals surface area contributed by atoms with Crippen molar-refractivity contribution < 1.29 is 5.11 Å². The van der Waals surface area contributed by atoms with E-state index in [0.717, 1.165) is 36.5 Å². The first-order chi connectivity index (χ1) is 9.54. The molecular weight excluding hydrogens is 252 g/mol. The van der Waals surface area contributed by atoms with Crippen LogP contribution in [0.25, 0.3) is 11.0 Å². The Morgan fingerprint density at radius 1 is 1.50 bits per heavy atom. The molecule has 0 bridgehead atoms. The summed E-state index contributed by atoms with van der Waals surface area (Å²) in [6.45, 7) is 4.93. The fourth-order valence-corrected chi connectivity index (χ4v) is 3.11. The molecule has 0 amide bonds. The van der Waals surface area contributed by atoms with Crippen LogP contribution in [0.15, 0.2) is 18.2 Å². The number of nitrogen functional groups attached to an aromatic ring is 1. The van der Waals surface area contributed by atoms with Gasteiger partial charge in [-0.2, -0.15) is 0 Å². The zero-order valence-corrected chi connectivity index (χ0v) is 12.1. The van der Waals surface area contributed by atoms with E-state index in [2.05, 4.69) is 21.5 Å². The molecule has 3 N–H and O–H groups in total. The van der Waals surface area contributed by atoms with Gasteiger partial charge in [-0.15, -0.1) is 0 Å². The summed E-state index contributed by atoms with van der Waals surface area (Å²) in [6, 6.07) is 5.77. The van der Waals surface area contributed by atoms with Gasteiger partial charge in [0.2, 0.25) is 0 Å². The zero-order valence-electron chi connectivity index (χ0n) is 12.1. The second kappa shape index (κ2) is 5.07. The predicted molar refractivity (Wildman–Crippen MR) is 80.4 cm³/mol. The van der Waals surface area contributed by atoms with E-state index in [9.17, 15) is 5.11 Å². The number of likely N-dealkylation sites (tertiary alicyclic amines) is 1. The lowest BCUT2D eigenvalue weighted by Crippen LogP contribution is -2.18. The molecule has 1 fully saturated rings. The largest absolute Gasteiger partial charge is 0.399 e. The Balaban J connectivity index is 2.00. The van der Waals surface area contributed by atoms with E-state index in [4.69, 9.17) is 5.73 Å². The van der Waals surface area contributed by atoms with E-state index in [-0.39, 0.29) is 0 Å². The van der Waals surface area contributed by atoms with E-state index >= 15 is 0 Å². The third-order valence-electron chi connectivity index (χ3n) is 4.11. The monoisotopic (exact) mass is 274 g/mol. The molecule has 5 nitrogen and oxygen atoms in total. The second-order valence-corrected chi connectivity index (χ2v) is 5.92. The van der Waals surface area contributed by atoms with E-state index in [0.29, 0.717) is 11.6 Å². The van der Waals surface area contributed by atoms with Crippen molar-refractivity contribution in [3.8, 4) is 0 Å². The molecule has 2 aromatic rings. The zero-order chi connectivity index (χ0) is 14.3. The van der Waals surface area contributed by atoms with Gasteiger partial charge in [0.1, 0.15) is 11.9 Å². The fourth-order valence-electron chi connectivity index (χ4n) is 3.11. The van der Waals surface area contributed by atoms with Crippen LogP contribution in [0.4, 0.5) is 5.69 Å². The number of anilines is 1. The molecule has 2 atom stereocenters. The van der Waals surface area contributed by atoms with E-state index in [1.807, 2.05) is 18.2 Å². The van der Waals surface area contributed by atoms with Gasteiger partial charge in [0.05, 0.1) is 11.0 Å². The first-order valence-corrected chi connectivity index (χ1v) is 7.17. The molecule has 1 saturated heterocycles. The molecule has 0 spiro atoms. The summed E-state index contributed by atoms with van der Waals surface area (Å²) in [4.78, 5) is 6.90. The molecule has 0 saturated carbocycles. The van der Waals surface area contributed by atoms with Gasteiger partial charge in [-0.1, -0.05) is 0 Å². The number of nitrogens with zero attached hydrogens (tertiary/aromatic N) is 3. The summed E-state index contributed by atoms with van der Waals surface area (Å²) in [5.41, 5.74) is 8.46. The van der Waals surface area contributed by atoms with E-state index in [1.165, 1.54) is 6.42 Å². The lowest BCUT2D eigenvalue weighted by molar-refractivity contribution is 0.182. The number of aromatic nitrogens is 2. The highest BCUT2D eigenvalue weighted by Gasteiger charge is 2.23. The van der Waals surface area contributed by atoms with Crippen molar-refractivity contribution in [2.75, 3.05) is 25.9 Å². The smallest absolute Gasteiger partial charge is 0.138 e. The summed E-state index contributed by atoms with van der Waals surface area (Å²) < 4.78 is 2.16. The average molecular weight is 274 g/mol. The summed E-state index contributed by atoms with van der Waals surface area (Å²) in [7, 11) is 2.16. The maximum absolute atomic E-state index is 9.98. The molecule has 1 aliphatic rings. The van der Waals surface area contributed by atoms with Crippen LogP contribution in [-0.4, -0.2) is 39.7 Å². The van der Waals surface area contributed by atoms with Crippen LogP contribution < -0.4 is 5.73 Å². The Labute approximate surface area is 119 Å². The topological polar surface area (TPSA) is 67.3 Å². The Kier molecular flexibility index (Phi) is 3.40. The van der Waals surface area contributed by atoms with Crippen LogP contribution in [0, 0.1) is 5.92 Å². The van der Waals surface area contributed by atoms with Gasteiger partial charge in [0.25, 0.3) is 0 Å².